The first kappa shape index (κ1) is 18.7. The van der Waals surface area contributed by atoms with Crippen molar-refractivity contribution in [3.8, 4) is 0 Å². The van der Waals surface area contributed by atoms with E-state index in [1.165, 1.54) is 70.6 Å². The van der Waals surface area contributed by atoms with Gasteiger partial charge in [-0.1, -0.05) is 70.8 Å². The summed E-state index contributed by atoms with van der Waals surface area (Å²) in [5, 5.41) is 0. The third-order valence-corrected chi connectivity index (χ3v) is 3.79. The number of allylic oxidation sites excluding steroid dienone is 1. The van der Waals surface area contributed by atoms with Crippen LogP contribution in [0.1, 0.15) is 83.5 Å². The predicted molar refractivity (Wildman–Crippen MR) is 86.4 cm³/mol. The van der Waals surface area contributed by atoms with Gasteiger partial charge in [0.1, 0.15) is 0 Å². The van der Waals surface area contributed by atoms with Crippen LogP contribution in [0.4, 0.5) is 0 Å². The summed E-state index contributed by atoms with van der Waals surface area (Å²) in [5.41, 5.74) is 0. The summed E-state index contributed by atoms with van der Waals surface area (Å²) < 4.78 is 5.53. The monoisotopic (exact) mass is 267 g/mol. The van der Waals surface area contributed by atoms with Gasteiger partial charge < -0.3 is 4.74 Å². The van der Waals surface area contributed by atoms with Crippen LogP contribution in [0, 0.1) is 6.92 Å². The van der Waals surface area contributed by atoms with Crippen molar-refractivity contribution in [1.29, 1.82) is 0 Å². The first-order valence-corrected chi connectivity index (χ1v) is 8.28. The molecule has 1 heteroatoms. The van der Waals surface area contributed by atoms with Crippen LogP contribution in [-0.4, -0.2) is 13.2 Å². The van der Waals surface area contributed by atoms with Gasteiger partial charge in [-0.25, -0.2) is 0 Å². The number of unbranched alkanes of at least 4 members (excludes halogenated alkanes) is 9. The highest BCUT2D eigenvalue weighted by Gasteiger charge is 2.05. The Morgan fingerprint density at radius 3 is 1.89 bits per heavy atom. The topological polar surface area (TPSA) is 9.23 Å². The summed E-state index contributed by atoms with van der Waals surface area (Å²) in [6.45, 7) is 7.64. The van der Waals surface area contributed by atoms with E-state index in [1.807, 2.05) is 13.2 Å². The minimum Gasteiger partial charge on any atom is -0.381 e. The molecule has 0 spiro atoms. The SMILES string of the molecule is [CH2]CCCCCCCCCCC(CCCC=C)OC. The fraction of sp³-hybridized carbons (Fsp3) is 0.833. The van der Waals surface area contributed by atoms with Crippen LogP contribution < -0.4 is 0 Å². The van der Waals surface area contributed by atoms with Gasteiger partial charge in [-0.15, -0.1) is 6.58 Å². The molecule has 1 nitrogen and oxygen atoms in total. The standard InChI is InChI=1S/C18H35O/c1-4-6-8-9-10-11-12-13-15-17-18(19-3)16-14-7-5-2/h5,18H,1-2,4,6-17H2,3H3. The smallest absolute Gasteiger partial charge is 0.0571 e. The van der Waals surface area contributed by atoms with Crippen molar-refractivity contribution in [1.82, 2.24) is 0 Å². The van der Waals surface area contributed by atoms with E-state index >= 15 is 0 Å². The van der Waals surface area contributed by atoms with Gasteiger partial charge in [0.2, 0.25) is 0 Å². The highest BCUT2D eigenvalue weighted by atomic mass is 16.5. The highest BCUT2D eigenvalue weighted by molar-refractivity contribution is 4.68. The van der Waals surface area contributed by atoms with E-state index < -0.39 is 0 Å². The van der Waals surface area contributed by atoms with Gasteiger partial charge in [-0.05, 0) is 25.7 Å². The summed E-state index contributed by atoms with van der Waals surface area (Å²) in [5.74, 6) is 0. The lowest BCUT2D eigenvalue weighted by Gasteiger charge is -2.14. The maximum Gasteiger partial charge on any atom is 0.0571 e. The van der Waals surface area contributed by atoms with Crippen LogP contribution in [-0.2, 0) is 4.74 Å². The van der Waals surface area contributed by atoms with Gasteiger partial charge in [0.05, 0.1) is 6.10 Å². The summed E-state index contributed by atoms with van der Waals surface area (Å²) in [6, 6.07) is 0. The maximum atomic E-state index is 5.53. The number of ether oxygens (including phenoxy) is 1. The van der Waals surface area contributed by atoms with E-state index in [4.69, 9.17) is 4.74 Å². The van der Waals surface area contributed by atoms with Crippen molar-refractivity contribution < 1.29 is 4.74 Å². The van der Waals surface area contributed by atoms with E-state index in [1.54, 1.807) is 0 Å². The molecule has 0 N–H and O–H groups in total. The lowest BCUT2D eigenvalue weighted by Crippen LogP contribution is -2.10. The zero-order chi connectivity index (χ0) is 14.2. The van der Waals surface area contributed by atoms with Crippen molar-refractivity contribution in [2.45, 2.75) is 89.6 Å². The molecule has 0 saturated heterocycles. The molecule has 0 aliphatic carbocycles. The van der Waals surface area contributed by atoms with Crippen molar-refractivity contribution in [3.05, 3.63) is 19.6 Å². The van der Waals surface area contributed by atoms with Crippen LogP contribution in [0.15, 0.2) is 12.7 Å². The zero-order valence-electron chi connectivity index (χ0n) is 13.2. The zero-order valence-corrected chi connectivity index (χ0v) is 13.2. The molecule has 0 aromatic rings. The summed E-state index contributed by atoms with van der Waals surface area (Å²) >= 11 is 0. The second-order valence-corrected chi connectivity index (χ2v) is 5.55. The van der Waals surface area contributed by atoms with E-state index in [-0.39, 0.29) is 0 Å². The summed E-state index contributed by atoms with van der Waals surface area (Å²) in [4.78, 5) is 0. The second kappa shape index (κ2) is 15.8. The molecule has 0 amide bonds. The Balaban J connectivity index is 3.24. The molecular formula is C18H35O. The predicted octanol–water partition coefficient (Wildman–Crippen LogP) is 6.09. The quantitative estimate of drug-likeness (QED) is 0.257. The molecule has 0 heterocycles. The van der Waals surface area contributed by atoms with E-state index in [0.717, 1.165) is 12.8 Å². The Morgan fingerprint density at radius 1 is 0.842 bits per heavy atom. The Kier molecular flexibility index (Phi) is 15.5. The molecule has 0 aromatic carbocycles. The van der Waals surface area contributed by atoms with Gasteiger partial charge in [0.25, 0.3) is 0 Å². The van der Waals surface area contributed by atoms with E-state index in [9.17, 15) is 0 Å². The van der Waals surface area contributed by atoms with Crippen LogP contribution in [0.25, 0.3) is 0 Å². The number of hydrogen-bond acceptors (Lipinski definition) is 1. The minimum atomic E-state index is 0.469. The first-order chi connectivity index (χ1) is 9.35. The van der Waals surface area contributed by atoms with Crippen LogP contribution in [0.3, 0.4) is 0 Å². The molecule has 0 aromatic heterocycles. The molecule has 113 valence electrons. The van der Waals surface area contributed by atoms with Crippen molar-refractivity contribution in [2.75, 3.05) is 7.11 Å². The van der Waals surface area contributed by atoms with E-state index in [0.29, 0.717) is 6.10 Å². The van der Waals surface area contributed by atoms with Crippen LogP contribution in [0.2, 0.25) is 0 Å². The Morgan fingerprint density at radius 2 is 1.37 bits per heavy atom. The molecule has 0 saturated carbocycles. The summed E-state index contributed by atoms with van der Waals surface area (Å²) in [6.07, 6.45) is 19.3. The average molecular weight is 267 g/mol. The lowest BCUT2D eigenvalue weighted by atomic mass is 10.0. The van der Waals surface area contributed by atoms with Gasteiger partial charge in [0.15, 0.2) is 0 Å². The largest absolute Gasteiger partial charge is 0.381 e. The van der Waals surface area contributed by atoms with Crippen molar-refractivity contribution in [2.24, 2.45) is 0 Å². The fourth-order valence-corrected chi connectivity index (χ4v) is 2.48. The number of hydrogen-bond donors (Lipinski definition) is 0. The number of rotatable bonds is 15. The molecule has 19 heavy (non-hydrogen) atoms. The summed E-state index contributed by atoms with van der Waals surface area (Å²) in [7, 11) is 1.85. The Bertz CT molecular complexity index is 177. The normalized spacial score (nSPS) is 12.5. The molecule has 1 radical (unpaired) electrons. The Hall–Kier alpha value is -0.300. The van der Waals surface area contributed by atoms with Gasteiger partial charge in [0, 0.05) is 7.11 Å². The molecule has 0 bridgehead atoms. The number of methoxy groups -OCH3 is 1. The van der Waals surface area contributed by atoms with Gasteiger partial charge in [-0.3, -0.25) is 0 Å². The molecule has 0 aliphatic rings. The molecular weight excluding hydrogens is 232 g/mol. The Labute approximate surface area is 121 Å². The third-order valence-electron chi connectivity index (χ3n) is 3.79. The second-order valence-electron chi connectivity index (χ2n) is 5.55. The molecule has 1 atom stereocenters. The highest BCUT2D eigenvalue weighted by Crippen LogP contribution is 2.15. The average Bonchev–Trinajstić information content (AvgIpc) is 2.43. The van der Waals surface area contributed by atoms with Crippen LogP contribution in [0.5, 0.6) is 0 Å². The van der Waals surface area contributed by atoms with Crippen LogP contribution >= 0.6 is 0 Å². The molecule has 0 rings (SSSR count). The minimum absolute atomic E-state index is 0.469. The lowest BCUT2D eigenvalue weighted by molar-refractivity contribution is 0.0840. The fourth-order valence-electron chi connectivity index (χ4n) is 2.48. The molecule has 0 aliphatic heterocycles. The molecule has 0 fully saturated rings. The first-order valence-electron chi connectivity index (χ1n) is 8.28. The van der Waals surface area contributed by atoms with Gasteiger partial charge >= 0.3 is 0 Å². The van der Waals surface area contributed by atoms with Crippen molar-refractivity contribution in [3.63, 3.8) is 0 Å². The van der Waals surface area contributed by atoms with Gasteiger partial charge in [-0.2, -0.15) is 0 Å². The maximum absolute atomic E-state index is 5.53. The van der Waals surface area contributed by atoms with E-state index in [2.05, 4.69) is 13.5 Å². The van der Waals surface area contributed by atoms with Crippen molar-refractivity contribution >= 4 is 0 Å². The molecule has 1 unspecified atom stereocenters. The third kappa shape index (κ3) is 13.9.